The number of hydrogen-bond acceptors (Lipinski definition) is 1. The first kappa shape index (κ1) is 13.0. The molecular formula is C15H8BrF2NO. The molecule has 0 amide bonds. The van der Waals surface area contributed by atoms with E-state index in [1.807, 2.05) is 0 Å². The maximum atomic E-state index is 13.9. The van der Waals surface area contributed by atoms with Gasteiger partial charge >= 0.3 is 0 Å². The first-order chi connectivity index (χ1) is 9.56. The van der Waals surface area contributed by atoms with E-state index in [2.05, 4.69) is 15.9 Å². The highest BCUT2D eigenvalue weighted by Crippen LogP contribution is 2.22. The Morgan fingerprint density at radius 2 is 1.80 bits per heavy atom. The zero-order valence-corrected chi connectivity index (χ0v) is 11.7. The van der Waals surface area contributed by atoms with Crippen molar-refractivity contribution in [2.45, 2.75) is 0 Å². The quantitative estimate of drug-likeness (QED) is 0.658. The topological polar surface area (TPSA) is 22.0 Å². The molecular weight excluding hydrogens is 328 g/mol. The molecule has 0 aliphatic rings. The van der Waals surface area contributed by atoms with Crippen molar-refractivity contribution in [2.75, 3.05) is 0 Å². The molecule has 0 unspecified atom stereocenters. The zero-order valence-electron chi connectivity index (χ0n) is 10.1. The Morgan fingerprint density at radius 3 is 2.55 bits per heavy atom. The second kappa shape index (κ2) is 4.83. The molecule has 0 aliphatic heterocycles. The van der Waals surface area contributed by atoms with Crippen LogP contribution < -0.4 is 5.43 Å². The molecule has 0 aliphatic carbocycles. The first-order valence-corrected chi connectivity index (χ1v) is 6.62. The summed E-state index contributed by atoms with van der Waals surface area (Å²) in [5.41, 5.74) is 0.596. The first-order valence-electron chi connectivity index (χ1n) is 5.82. The van der Waals surface area contributed by atoms with E-state index in [9.17, 15) is 13.6 Å². The van der Waals surface area contributed by atoms with Gasteiger partial charge < -0.3 is 4.57 Å². The lowest BCUT2D eigenvalue weighted by molar-refractivity contribution is 0.578. The molecule has 2 aromatic carbocycles. The van der Waals surface area contributed by atoms with Crippen molar-refractivity contribution < 1.29 is 8.78 Å². The van der Waals surface area contributed by atoms with Gasteiger partial charge in [-0.1, -0.05) is 15.9 Å². The highest BCUT2D eigenvalue weighted by Gasteiger charge is 2.09. The van der Waals surface area contributed by atoms with Gasteiger partial charge in [0.1, 0.15) is 11.6 Å². The van der Waals surface area contributed by atoms with Gasteiger partial charge in [-0.2, -0.15) is 0 Å². The largest absolute Gasteiger partial charge is 0.314 e. The molecule has 2 nitrogen and oxygen atoms in total. The number of rotatable bonds is 1. The normalized spacial score (nSPS) is 10.9. The van der Waals surface area contributed by atoms with E-state index in [1.165, 1.54) is 29.0 Å². The molecule has 3 aromatic rings. The van der Waals surface area contributed by atoms with Crippen molar-refractivity contribution in [1.29, 1.82) is 0 Å². The van der Waals surface area contributed by atoms with E-state index in [4.69, 9.17) is 0 Å². The molecule has 20 heavy (non-hydrogen) atoms. The highest BCUT2D eigenvalue weighted by molar-refractivity contribution is 9.10. The fourth-order valence-corrected chi connectivity index (χ4v) is 2.46. The van der Waals surface area contributed by atoms with E-state index in [-0.39, 0.29) is 11.1 Å². The second-order valence-electron chi connectivity index (χ2n) is 4.31. The Hall–Kier alpha value is -2.01. The molecule has 0 atom stereocenters. The minimum absolute atomic E-state index is 0.147. The average Bonchev–Trinajstić information content (AvgIpc) is 2.40. The van der Waals surface area contributed by atoms with Crippen molar-refractivity contribution in [3.8, 4) is 5.69 Å². The van der Waals surface area contributed by atoms with Crippen LogP contribution in [-0.2, 0) is 0 Å². The standard InChI is InChI=1S/C15H8BrF2NO/c16-9-1-3-11-14(7-9)19(6-5-15(11)20)13-4-2-10(17)8-12(13)18/h1-8H. The molecule has 1 aromatic heterocycles. The summed E-state index contributed by atoms with van der Waals surface area (Å²) in [6, 6.07) is 9.83. The summed E-state index contributed by atoms with van der Waals surface area (Å²) in [5, 5.41) is 0.472. The molecule has 0 saturated heterocycles. The lowest BCUT2D eigenvalue weighted by Gasteiger charge is -2.12. The molecule has 100 valence electrons. The summed E-state index contributed by atoms with van der Waals surface area (Å²) >= 11 is 3.32. The number of benzene rings is 2. The Balaban J connectivity index is 2.39. The molecule has 1 heterocycles. The van der Waals surface area contributed by atoms with Crippen LogP contribution in [0.4, 0.5) is 8.78 Å². The van der Waals surface area contributed by atoms with Crippen LogP contribution in [0.2, 0.25) is 0 Å². The monoisotopic (exact) mass is 335 g/mol. The lowest BCUT2D eigenvalue weighted by Crippen LogP contribution is -2.07. The number of pyridine rings is 1. The smallest absolute Gasteiger partial charge is 0.189 e. The highest BCUT2D eigenvalue weighted by atomic mass is 79.9. The minimum Gasteiger partial charge on any atom is -0.314 e. The van der Waals surface area contributed by atoms with Gasteiger partial charge in [-0.05, 0) is 30.3 Å². The number of fused-ring (bicyclic) bond motifs is 1. The molecule has 0 saturated carbocycles. The van der Waals surface area contributed by atoms with Crippen molar-refractivity contribution in [1.82, 2.24) is 4.57 Å². The summed E-state index contributed by atoms with van der Waals surface area (Å²) < 4.78 is 29.2. The number of aromatic nitrogens is 1. The number of nitrogens with zero attached hydrogens (tertiary/aromatic N) is 1. The van der Waals surface area contributed by atoms with E-state index < -0.39 is 11.6 Å². The van der Waals surface area contributed by atoms with Crippen LogP contribution in [0.3, 0.4) is 0 Å². The summed E-state index contributed by atoms with van der Waals surface area (Å²) in [6.45, 7) is 0. The van der Waals surface area contributed by atoms with E-state index in [0.717, 1.165) is 10.5 Å². The van der Waals surface area contributed by atoms with Crippen LogP contribution in [0.5, 0.6) is 0 Å². The fraction of sp³-hybridized carbons (Fsp3) is 0. The molecule has 0 bridgehead atoms. The maximum Gasteiger partial charge on any atom is 0.189 e. The molecule has 0 N–H and O–H groups in total. The Morgan fingerprint density at radius 1 is 1.00 bits per heavy atom. The van der Waals surface area contributed by atoms with Gasteiger partial charge in [0.25, 0.3) is 0 Å². The van der Waals surface area contributed by atoms with Gasteiger partial charge in [-0.15, -0.1) is 0 Å². The molecule has 5 heteroatoms. The zero-order chi connectivity index (χ0) is 14.3. The third-order valence-electron chi connectivity index (χ3n) is 3.03. The van der Waals surface area contributed by atoms with Crippen molar-refractivity contribution in [2.24, 2.45) is 0 Å². The predicted molar refractivity (Wildman–Crippen MR) is 77.2 cm³/mol. The molecule has 0 spiro atoms. The number of hydrogen-bond donors (Lipinski definition) is 0. The van der Waals surface area contributed by atoms with Gasteiger partial charge in [0.05, 0.1) is 11.2 Å². The van der Waals surface area contributed by atoms with Gasteiger partial charge in [-0.25, -0.2) is 8.78 Å². The maximum absolute atomic E-state index is 13.9. The summed E-state index contributed by atoms with van der Waals surface area (Å²) in [5.74, 6) is -1.33. The molecule has 0 radical (unpaired) electrons. The summed E-state index contributed by atoms with van der Waals surface area (Å²) in [4.78, 5) is 11.8. The lowest BCUT2D eigenvalue weighted by atomic mass is 10.2. The van der Waals surface area contributed by atoms with Crippen molar-refractivity contribution in [3.05, 3.63) is 75.0 Å². The fourth-order valence-electron chi connectivity index (χ4n) is 2.11. The van der Waals surface area contributed by atoms with Gasteiger partial charge in [0.2, 0.25) is 0 Å². The van der Waals surface area contributed by atoms with Gasteiger partial charge in [0, 0.05) is 28.2 Å². The van der Waals surface area contributed by atoms with Crippen LogP contribution in [0.25, 0.3) is 16.6 Å². The molecule has 3 rings (SSSR count). The van der Waals surface area contributed by atoms with Crippen LogP contribution in [-0.4, -0.2) is 4.57 Å². The average molecular weight is 336 g/mol. The van der Waals surface area contributed by atoms with Gasteiger partial charge in [-0.3, -0.25) is 4.79 Å². The van der Waals surface area contributed by atoms with Crippen molar-refractivity contribution >= 4 is 26.8 Å². The van der Waals surface area contributed by atoms with Crippen LogP contribution in [0.1, 0.15) is 0 Å². The summed E-state index contributed by atoms with van der Waals surface area (Å²) in [6.07, 6.45) is 1.48. The second-order valence-corrected chi connectivity index (χ2v) is 5.22. The van der Waals surface area contributed by atoms with Gasteiger partial charge in [0.15, 0.2) is 5.43 Å². The Kier molecular flexibility index (Phi) is 3.14. The summed E-state index contributed by atoms with van der Waals surface area (Å²) in [7, 11) is 0. The van der Waals surface area contributed by atoms with E-state index in [0.29, 0.717) is 10.9 Å². The van der Waals surface area contributed by atoms with E-state index >= 15 is 0 Å². The third kappa shape index (κ3) is 2.14. The SMILES string of the molecule is O=c1ccn(-c2ccc(F)cc2F)c2cc(Br)ccc12. The minimum atomic E-state index is -0.685. The van der Waals surface area contributed by atoms with Crippen LogP contribution >= 0.6 is 15.9 Å². The predicted octanol–water partition coefficient (Wildman–Crippen LogP) is 4.03. The third-order valence-corrected chi connectivity index (χ3v) is 3.52. The van der Waals surface area contributed by atoms with Crippen LogP contribution in [0, 0.1) is 11.6 Å². The Bertz CT molecular complexity index is 873. The van der Waals surface area contributed by atoms with Crippen LogP contribution in [0.15, 0.2) is 57.9 Å². The number of halogens is 3. The van der Waals surface area contributed by atoms with E-state index in [1.54, 1.807) is 18.2 Å². The van der Waals surface area contributed by atoms with Crippen molar-refractivity contribution in [3.63, 3.8) is 0 Å². The Labute approximate surface area is 121 Å². The molecule has 0 fully saturated rings.